The minimum absolute atomic E-state index is 0.588. The molecule has 2 nitrogen and oxygen atoms in total. The van der Waals surface area contributed by atoms with Crippen molar-refractivity contribution in [3.05, 3.63) is 21.4 Å². The Morgan fingerprint density at radius 3 is 2.63 bits per heavy atom. The highest BCUT2D eigenvalue weighted by Crippen LogP contribution is 2.44. The lowest BCUT2D eigenvalue weighted by atomic mass is 9.89. The summed E-state index contributed by atoms with van der Waals surface area (Å²) in [5.74, 6) is 0.649. The molecule has 0 radical (unpaired) electrons. The number of thiophene rings is 1. The Balaban J connectivity index is 1.96. The topological polar surface area (TPSA) is 29.3 Å². The molecular formula is C16H26N2S. The number of nitrogens with zero attached hydrogens (tertiary/aromatic N) is 1. The number of nitrogens with two attached hydrogens (primary N) is 1. The van der Waals surface area contributed by atoms with Crippen LogP contribution >= 0.6 is 11.3 Å². The zero-order valence-electron chi connectivity index (χ0n) is 12.2. The number of hydrogen-bond acceptors (Lipinski definition) is 3. The molecule has 1 saturated carbocycles. The molecule has 0 bridgehead atoms. The molecule has 0 amide bonds. The molecule has 3 heteroatoms. The minimum atomic E-state index is 0.588. The average molecular weight is 278 g/mol. The molecule has 0 spiro atoms. The van der Waals surface area contributed by atoms with Crippen LogP contribution in [0.5, 0.6) is 0 Å². The van der Waals surface area contributed by atoms with Gasteiger partial charge in [0.05, 0.1) is 0 Å². The van der Waals surface area contributed by atoms with E-state index in [-0.39, 0.29) is 0 Å². The van der Waals surface area contributed by atoms with Gasteiger partial charge < -0.3 is 5.73 Å². The monoisotopic (exact) mass is 278 g/mol. The third kappa shape index (κ3) is 2.74. The number of hydrogen-bond donors (Lipinski definition) is 1. The molecule has 1 aliphatic heterocycles. The predicted molar refractivity (Wildman–Crippen MR) is 82.7 cm³/mol. The summed E-state index contributed by atoms with van der Waals surface area (Å²) in [4.78, 5) is 5.75. The fourth-order valence-electron chi connectivity index (χ4n) is 3.71. The molecule has 2 fully saturated rings. The second-order valence-corrected chi connectivity index (χ2v) is 7.73. The van der Waals surface area contributed by atoms with Crippen LogP contribution in [0.2, 0.25) is 0 Å². The van der Waals surface area contributed by atoms with Gasteiger partial charge in [-0.1, -0.05) is 6.42 Å². The van der Waals surface area contributed by atoms with Gasteiger partial charge in [0, 0.05) is 21.8 Å². The van der Waals surface area contributed by atoms with Gasteiger partial charge in [-0.05, 0) is 70.2 Å². The highest BCUT2D eigenvalue weighted by atomic mass is 32.1. The Labute approximate surface area is 121 Å². The van der Waals surface area contributed by atoms with E-state index in [2.05, 4.69) is 24.8 Å². The van der Waals surface area contributed by atoms with E-state index in [1.54, 1.807) is 5.56 Å². The van der Waals surface area contributed by atoms with Crippen molar-refractivity contribution in [3.63, 3.8) is 0 Å². The lowest BCUT2D eigenvalue weighted by molar-refractivity contribution is 0.149. The zero-order valence-corrected chi connectivity index (χ0v) is 13.0. The van der Waals surface area contributed by atoms with Crippen molar-refractivity contribution in [1.29, 1.82) is 0 Å². The second-order valence-electron chi connectivity index (χ2n) is 6.27. The maximum Gasteiger partial charge on any atom is 0.0402 e. The van der Waals surface area contributed by atoms with Crippen LogP contribution < -0.4 is 5.73 Å². The molecule has 2 atom stereocenters. The Kier molecular flexibility index (Phi) is 3.97. The Bertz CT molecular complexity index is 436. The first-order chi connectivity index (χ1) is 9.20. The molecule has 2 N–H and O–H groups in total. The molecule has 1 aromatic heterocycles. The molecule has 3 rings (SSSR count). The lowest BCUT2D eigenvalue weighted by Crippen LogP contribution is -2.37. The van der Waals surface area contributed by atoms with Gasteiger partial charge in [-0.25, -0.2) is 0 Å². The number of aryl methyl sites for hydroxylation is 2. The van der Waals surface area contributed by atoms with Crippen molar-refractivity contribution in [2.45, 2.75) is 58.0 Å². The van der Waals surface area contributed by atoms with E-state index in [9.17, 15) is 0 Å². The van der Waals surface area contributed by atoms with Crippen LogP contribution in [-0.2, 0) is 0 Å². The van der Waals surface area contributed by atoms with Crippen LogP contribution in [0, 0.1) is 19.8 Å². The molecule has 1 saturated heterocycles. The summed E-state index contributed by atoms with van der Waals surface area (Å²) in [7, 11) is 0. The highest BCUT2D eigenvalue weighted by molar-refractivity contribution is 7.12. The average Bonchev–Trinajstić information content (AvgIpc) is 3.17. The van der Waals surface area contributed by atoms with Gasteiger partial charge in [0.2, 0.25) is 0 Å². The molecule has 2 heterocycles. The zero-order chi connectivity index (χ0) is 13.4. The van der Waals surface area contributed by atoms with Gasteiger partial charge in [-0.15, -0.1) is 11.3 Å². The highest BCUT2D eigenvalue weighted by Gasteiger charge is 2.39. The normalized spacial score (nSPS) is 29.4. The van der Waals surface area contributed by atoms with Crippen LogP contribution in [0.25, 0.3) is 0 Å². The van der Waals surface area contributed by atoms with Crippen molar-refractivity contribution in [2.24, 2.45) is 11.7 Å². The van der Waals surface area contributed by atoms with Crippen LogP contribution in [0.15, 0.2) is 6.07 Å². The van der Waals surface area contributed by atoms with E-state index >= 15 is 0 Å². The summed E-state index contributed by atoms with van der Waals surface area (Å²) in [5.41, 5.74) is 7.69. The van der Waals surface area contributed by atoms with E-state index in [1.165, 1.54) is 48.4 Å². The maximum atomic E-state index is 6.12. The van der Waals surface area contributed by atoms with Crippen LogP contribution in [0.1, 0.15) is 53.5 Å². The van der Waals surface area contributed by atoms with Crippen molar-refractivity contribution in [1.82, 2.24) is 4.90 Å². The van der Waals surface area contributed by atoms with Gasteiger partial charge in [-0.3, -0.25) is 4.90 Å². The molecule has 1 aliphatic carbocycles. The van der Waals surface area contributed by atoms with E-state index in [1.807, 2.05) is 11.3 Å². The standard InChI is InChI=1S/C16H26N2S/c1-11-9-15(12(2)19-11)16-13(10-17)5-3-4-8-18(16)14-6-7-14/h9,13-14,16H,3-8,10,17H2,1-2H3. The predicted octanol–water partition coefficient (Wildman–Crippen LogP) is 3.63. The molecule has 19 heavy (non-hydrogen) atoms. The van der Waals surface area contributed by atoms with Crippen molar-refractivity contribution in [2.75, 3.05) is 13.1 Å². The summed E-state index contributed by atoms with van der Waals surface area (Å²) in [6.07, 6.45) is 6.81. The first kappa shape index (κ1) is 13.6. The fourth-order valence-corrected chi connectivity index (χ4v) is 4.67. The summed E-state index contributed by atoms with van der Waals surface area (Å²) < 4.78 is 0. The molecule has 1 aromatic rings. The first-order valence-corrected chi connectivity index (χ1v) is 8.55. The largest absolute Gasteiger partial charge is 0.330 e. The van der Waals surface area contributed by atoms with Crippen molar-refractivity contribution >= 4 is 11.3 Å². The van der Waals surface area contributed by atoms with Gasteiger partial charge >= 0.3 is 0 Å². The Morgan fingerprint density at radius 2 is 2.05 bits per heavy atom. The maximum absolute atomic E-state index is 6.12. The van der Waals surface area contributed by atoms with Crippen molar-refractivity contribution in [3.8, 4) is 0 Å². The minimum Gasteiger partial charge on any atom is -0.330 e. The van der Waals surface area contributed by atoms with Crippen LogP contribution in [-0.4, -0.2) is 24.0 Å². The summed E-state index contributed by atoms with van der Waals surface area (Å²) in [6.45, 7) is 6.63. The quantitative estimate of drug-likeness (QED) is 0.915. The van der Waals surface area contributed by atoms with E-state index < -0.39 is 0 Å². The summed E-state index contributed by atoms with van der Waals surface area (Å²) in [6, 6.07) is 3.86. The van der Waals surface area contributed by atoms with Gasteiger partial charge in [0.15, 0.2) is 0 Å². The summed E-state index contributed by atoms with van der Waals surface area (Å²) >= 11 is 1.95. The van der Waals surface area contributed by atoms with Crippen molar-refractivity contribution < 1.29 is 0 Å². The third-order valence-corrected chi connectivity index (χ3v) is 5.74. The fraction of sp³-hybridized carbons (Fsp3) is 0.750. The van der Waals surface area contributed by atoms with Crippen LogP contribution in [0.3, 0.4) is 0 Å². The van der Waals surface area contributed by atoms with E-state index in [0.717, 1.165) is 12.6 Å². The SMILES string of the molecule is Cc1cc(C2C(CN)CCCCN2C2CC2)c(C)s1. The number of rotatable bonds is 3. The van der Waals surface area contributed by atoms with Gasteiger partial charge in [-0.2, -0.15) is 0 Å². The summed E-state index contributed by atoms with van der Waals surface area (Å²) in [5, 5.41) is 0. The van der Waals surface area contributed by atoms with E-state index in [4.69, 9.17) is 5.73 Å². The second kappa shape index (κ2) is 5.55. The first-order valence-electron chi connectivity index (χ1n) is 7.73. The molecule has 2 unspecified atom stereocenters. The molecule has 106 valence electrons. The Hall–Kier alpha value is -0.380. The van der Waals surface area contributed by atoms with Gasteiger partial charge in [0.25, 0.3) is 0 Å². The third-order valence-electron chi connectivity index (χ3n) is 4.76. The van der Waals surface area contributed by atoms with E-state index in [0.29, 0.717) is 12.0 Å². The lowest BCUT2D eigenvalue weighted by Gasteiger charge is -2.35. The Morgan fingerprint density at radius 1 is 1.26 bits per heavy atom. The van der Waals surface area contributed by atoms with Crippen LogP contribution in [0.4, 0.5) is 0 Å². The number of likely N-dealkylation sites (tertiary alicyclic amines) is 1. The smallest absolute Gasteiger partial charge is 0.0402 e. The molecular weight excluding hydrogens is 252 g/mol. The molecule has 2 aliphatic rings. The van der Waals surface area contributed by atoms with Gasteiger partial charge in [0.1, 0.15) is 0 Å². The molecule has 0 aromatic carbocycles.